The Balaban J connectivity index is 2.80. The van der Waals surface area contributed by atoms with Gasteiger partial charge < -0.3 is 5.32 Å². The first kappa shape index (κ1) is 16.8. The SMILES string of the molecule is Cc1ccc(S(N)(=O)=O)cc1C(=O)NCCCS(C)=O. The number of amides is 1. The van der Waals surface area contributed by atoms with Crippen LogP contribution in [-0.4, -0.2) is 37.1 Å². The monoisotopic (exact) mass is 318 g/mol. The van der Waals surface area contributed by atoms with Gasteiger partial charge in [-0.25, -0.2) is 13.6 Å². The molecule has 0 aliphatic carbocycles. The molecular weight excluding hydrogens is 300 g/mol. The average Bonchev–Trinajstić information content (AvgIpc) is 2.33. The summed E-state index contributed by atoms with van der Waals surface area (Å²) in [7, 11) is -4.72. The van der Waals surface area contributed by atoms with E-state index in [-0.39, 0.29) is 16.4 Å². The lowest BCUT2D eigenvalue weighted by Crippen LogP contribution is -2.26. The smallest absolute Gasteiger partial charge is 0.251 e. The van der Waals surface area contributed by atoms with Crippen LogP contribution in [0.3, 0.4) is 0 Å². The molecule has 0 aliphatic heterocycles. The van der Waals surface area contributed by atoms with Gasteiger partial charge in [0.05, 0.1) is 4.90 Å². The fourth-order valence-corrected chi connectivity index (χ4v) is 2.69. The van der Waals surface area contributed by atoms with Crippen LogP contribution < -0.4 is 10.5 Å². The fourth-order valence-electron chi connectivity index (χ4n) is 1.60. The molecule has 0 spiro atoms. The Morgan fingerprint density at radius 3 is 2.60 bits per heavy atom. The molecule has 0 bridgehead atoms. The van der Waals surface area contributed by atoms with Crippen LogP contribution in [0.15, 0.2) is 23.1 Å². The molecule has 0 aliphatic rings. The molecule has 1 atom stereocenters. The molecule has 6 nitrogen and oxygen atoms in total. The maximum Gasteiger partial charge on any atom is 0.251 e. The molecule has 0 fully saturated rings. The van der Waals surface area contributed by atoms with Crippen molar-refractivity contribution >= 4 is 26.7 Å². The van der Waals surface area contributed by atoms with Crippen LogP contribution in [0.25, 0.3) is 0 Å². The van der Waals surface area contributed by atoms with Crippen molar-refractivity contribution in [3.8, 4) is 0 Å². The molecule has 1 rings (SSSR count). The van der Waals surface area contributed by atoms with Crippen LogP contribution in [0.2, 0.25) is 0 Å². The molecule has 1 aromatic carbocycles. The van der Waals surface area contributed by atoms with E-state index in [9.17, 15) is 17.4 Å². The molecule has 8 heteroatoms. The standard InChI is InChI=1S/C12H18N2O4S2/c1-9-4-5-10(20(13,17)18)8-11(9)12(15)14-6-3-7-19(2)16/h4-5,8H,3,6-7H2,1-2H3,(H,14,15)(H2,13,17,18). The van der Waals surface area contributed by atoms with E-state index in [1.54, 1.807) is 13.2 Å². The molecule has 0 saturated heterocycles. The van der Waals surface area contributed by atoms with E-state index in [4.69, 9.17) is 5.14 Å². The Hall–Kier alpha value is -1.25. The van der Waals surface area contributed by atoms with E-state index in [1.165, 1.54) is 18.2 Å². The summed E-state index contributed by atoms with van der Waals surface area (Å²) in [5, 5.41) is 7.70. The van der Waals surface area contributed by atoms with Gasteiger partial charge in [-0.05, 0) is 31.0 Å². The second kappa shape index (κ2) is 6.96. The highest BCUT2D eigenvalue weighted by atomic mass is 32.2. The van der Waals surface area contributed by atoms with Gasteiger partial charge in [-0.3, -0.25) is 9.00 Å². The van der Waals surface area contributed by atoms with E-state index < -0.39 is 20.8 Å². The van der Waals surface area contributed by atoms with Crippen LogP contribution >= 0.6 is 0 Å². The lowest BCUT2D eigenvalue weighted by atomic mass is 10.1. The molecule has 0 heterocycles. The Morgan fingerprint density at radius 2 is 2.05 bits per heavy atom. The Morgan fingerprint density at radius 1 is 1.40 bits per heavy atom. The Bertz CT molecular complexity index is 626. The first-order valence-electron chi connectivity index (χ1n) is 5.93. The number of carbonyl (C=O) groups excluding carboxylic acids is 1. The van der Waals surface area contributed by atoms with Crippen molar-refractivity contribution in [1.29, 1.82) is 0 Å². The predicted molar refractivity (Wildman–Crippen MR) is 78.4 cm³/mol. The minimum Gasteiger partial charge on any atom is -0.352 e. The van der Waals surface area contributed by atoms with E-state index in [0.717, 1.165) is 0 Å². The van der Waals surface area contributed by atoms with Crippen molar-refractivity contribution in [2.75, 3.05) is 18.6 Å². The van der Waals surface area contributed by atoms with Crippen LogP contribution in [0.5, 0.6) is 0 Å². The number of carbonyl (C=O) groups is 1. The normalized spacial score (nSPS) is 12.9. The van der Waals surface area contributed by atoms with E-state index in [1.807, 2.05) is 0 Å². The summed E-state index contributed by atoms with van der Waals surface area (Å²) in [6.45, 7) is 2.10. The number of benzene rings is 1. The summed E-state index contributed by atoms with van der Waals surface area (Å²) in [4.78, 5) is 11.9. The molecule has 112 valence electrons. The van der Waals surface area contributed by atoms with Crippen LogP contribution in [0.1, 0.15) is 22.3 Å². The third-order valence-corrected chi connectivity index (χ3v) is 4.45. The van der Waals surface area contributed by atoms with Crippen molar-refractivity contribution in [3.63, 3.8) is 0 Å². The maximum absolute atomic E-state index is 12.0. The van der Waals surface area contributed by atoms with Gasteiger partial charge in [-0.1, -0.05) is 6.07 Å². The number of hydrogen-bond donors (Lipinski definition) is 2. The third kappa shape index (κ3) is 5.03. The lowest BCUT2D eigenvalue weighted by molar-refractivity contribution is 0.0953. The largest absolute Gasteiger partial charge is 0.352 e. The van der Waals surface area contributed by atoms with Crippen LogP contribution in [-0.2, 0) is 20.8 Å². The maximum atomic E-state index is 12.0. The molecule has 1 amide bonds. The number of rotatable bonds is 6. The highest BCUT2D eigenvalue weighted by Crippen LogP contribution is 2.14. The van der Waals surface area contributed by atoms with Crippen LogP contribution in [0.4, 0.5) is 0 Å². The Labute approximate surface area is 121 Å². The van der Waals surface area contributed by atoms with Crippen molar-refractivity contribution in [2.45, 2.75) is 18.2 Å². The van der Waals surface area contributed by atoms with E-state index >= 15 is 0 Å². The highest BCUT2D eigenvalue weighted by molar-refractivity contribution is 7.89. The zero-order valence-corrected chi connectivity index (χ0v) is 13.0. The van der Waals surface area contributed by atoms with Crippen molar-refractivity contribution in [3.05, 3.63) is 29.3 Å². The quantitative estimate of drug-likeness (QED) is 0.728. The number of nitrogens with two attached hydrogens (primary N) is 1. The average molecular weight is 318 g/mol. The first-order chi connectivity index (χ1) is 9.21. The minimum atomic E-state index is -3.83. The predicted octanol–water partition coefficient (Wildman–Crippen LogP) is 0.141. The molecular formula is C12H18N2O4S2. The van der Waals surface area contributed by atoms with Gasteiger partial charge in [0, 0.05) is 34.9 Å². The lowest BCUT2D eigenvalue weighted by Gasteiger charge is -2.09. The number of aryl methyl sites for hydroxylation is 1. The third-order valence-electron chi connectivity index (χ3n) is 2.68. The van der Waals surface area contributed by atoms with Crippen molar-refractivity contribution < 1.29 is 17.4 Å². The molecule has 0 radical (unpaired) electrons. The number of primary sulfonamides is 1. The zero-order valence-electron chi connectivity index (χ0n) is 11.4. The first-order valence-corrected chi connectivity index (χ1v) is 9.21. The molecule has 3 N–H and O–H groups in total. The summed E-state index contributed by atoms with van der Waals surface area (Å²) in [5.41, 5.74) is 0.933. The van der Waals surface area contributed by atoms with E-state index in [0.29, 0.717) is 24.3 Å². The number of hydrogen-bond acceptors (Lipinski definition) is 4. The van der Waals surface area contributed by atoms with Crippen molar-refractivity contribution in [2.24, 2.45) is 5.14 Å². The summed E-state index contributed by atoms with van der Waals surface area (Å²) in [6, 6.07) is 4.16. The number of sulfonamides is 1. The van der Waals surface area contributed by atoms with Gasteiger partial charge in [0.1, 0.15) is 0 Å². The van der Waals surface area contributed by atoms with Gasteiger partial charge in [0.2, 0.25) is 10.0 Å². The van der Waals surface area contributed by atoms with Crippen LogP contribution in [0, 0.1) is 6.92 Å². The van der Waals surface area contributed by atoms with Gasteiger partial charge in [0.25, 0.3) is 5.91 Å². The molecule has 20 heavy (non-hydrogen) atoms. The topological polar surface area (TPSA) is 106 Å². The van der Waals surface area contributed by atoms with Gasteiger partial charge >= 0.3 is 0 Å². The van der Waals surface area contributed by atoms with Crippen molar-refractivity contribution in [1.82, 2.24) is 5.32 Å². The summed E-state index contributed by atoms with van der Waals surface area (Å²) < 4.78 is 33.4. The minimum absolute atomic E-state index is 0.0945. The summed E-state index contributed by atoms with van der Waals surface area (Å²) in [6.07, 6.45) is 2.20. The summed E-state index contributed by atoms with van der Waals surface area (Å²) in [5.74, 6) is 0.145. The van der Waals surface area contributed by atoms with Gasteiger partial charge in [0.15, 0.2) is 0 Å². The molecule has 1 aromatic rings. The molecule has 1 unspecified atom stereocenters. The molecule has 0 aromatic heterocycles. The van der Waals surface area contributed by atoms with Gasteiger partial charge in [-0.15, -0.1) is 0 Å². The fraction of sp³-hybridized carbons (Fsp3) is 0.417. The highest BCUT2D eigenvalue weighted by Gasteiger charge is 2.14. The summed E-state index contributed by atoms with van der Waals surface area (Å²) >= 11 is 0. The zero-order chi connectivity index (χ0) is 15.3. The van der Waals surface area contributed by atoms with E-state index in [2.05, 4.69) is 5.32 Å². The van der Waals surface area contributed by atoms with Gasteiger partial charge in [-0.2, -0.15) is 0 Å². The number of nitrogens with one attached hydrogen (secondary N) is 1. The second-order valence-corrected chi connectivity index (χ2v) is 7.52. The molecule has 0 saturated carbocycles. The Kier molecular flexibility index (Phi) is 5.85. The second-order valence-electron chi connectivity index (χ2n) is 4.41.